The fourth-order valence-corrected chi connectivity index (χ4v) is 1.56. The zero-order chi connectivity index (χ0) is 8.55. The third-order valence-corrected chi connectivity index (χ3v) is 2.39. The maximum absolute atomic E-state index is 9.64. The van der Waals surface area contributed by atoms with Crippen molar-refractivity contribution >= 4 is 15.9 Å². The lowest BCUT2D eigenvalue weighted by Gasteiger charge is -2.06. The van der Waals surface area contributed by atoms with E-state index in [1.54, 1.807) is 0 Å². The average molecular weight is 229 g/mol. The Morgan fingerprint density at radius 2 is 2.33 bits per heavy atom. The second kappa shape index (κ2) is 3.17. The topological polar surface area (TPSA) is 32.8 Å². The smallest absolute Gasteiger partial charge is 0.111 e. The Hall–Kier alpha value is -0.380. The summed E-state index contributed by atoms with van der Waals surface area (Å²) in [5, 5.41) is 9.64. The van der Waals surface area contributed by atoms with Crippen LogP contribution in [-0.2, 0) is 4.74 Å². The summed E-state index contributed by atoms with van der Waals surface area (Å²) in [6.07, 6.45) is -0.457. The third kappa shape index (κ3) is 1.68. The fraction of sp³-hybridized carbons (Fsp3) is 0.333. The van der Waals surface area contributed by atoms with E-state index in [-0.39, 0.29) is 6.10 Å². The lowest BCUT2D eigenvalue weighted by molar-refractivity contribution is 0.137. The molecule has 2 rings (SSSR count). The van der Waals surface area contributed by atoms with Gasteiger partial charge in [-0.3, -0.25) is 0 Å². The Bertz CT molecular complexity index is 284. The molecule has 2 nitrogen and oxygen atoms in total. The molecule has 1 saturated heterocycles. The Morgan fingerprint density at radius 3 is 2.92 bits per heavy atom. The predicted molar refractivity (Wildman–Crippen MR) is 48.8 cm³/mol. The number of epoxide rings is 1. The largest absolute Gasteiger partial charge is 0.386 e. The molecule has 0 spiro atoms. The summed E-state index contributed by atoms with van der Waals surface area (Å²) in [6, 6.07) is 7.65. The van der Waals surface area contributed by atoms with Gasteiger partial charge in [0.1, 0.15) is 12.2 Å². The second-order valence-corrected chi connectivity index (χ2v) is 3.79. The molecule has 64 valence electrons. The van der Waals surface area contributed by atoms with Crippen LogP contribution in [0.4, 0.5) is 0 Å². The summed E-state index contributed by atoms with van der Waals surface area (Å²) >= 11 is 3.35. The van der Waals surface area contributed by atoms with Gasteiger partial charge in [0.15, 0.2) is 0 Å². The maximum Gasteiger partial charge on any atom is 0.111 e. The summed E-state index contributed by atoms with van der Waals surface area (Å²) in [5.41, 5.74) is 0.909. The van der Waals surface area contributed by atoms with E-state index in [4.69, 9.17) is 4.74 Å². The van der Waals surface area contributed by atoms with Gasteiger partial charge in [-0.15, -0.1) is 0 Å². The predicted octanol–water partition coefficient (Wildman–Crippen LogP) is 1.88. The van der Waals surface area contributed by atoms with Gasteiger partial charge in [-0.2, -0.15) is 0 Å². The first-order valence-electron chi connectivity index (χ1n) is 3.82. The van der Waals surface area contributed by atoms with Crippen molar-refractivity contribution in [2.45, 2.75) is 12.2 Å². The second-order valence-electron chi connectivity index (χ2n) is 2.87. The van der Waals surface area contributed by atoms with Crippen LogP contribution in [0.1, 0.15) is 11.7 Å². The van der Waals surface area contributed by atoms with E-state index >= 15 is 0 Å². The number of halogens is 1. The Balaban J connectivity index is 2.20. The maximum atomic E-state index is 9.64. The molecular formula is C9H9BrO2. The molecular weight excluding hydrogens is 220 g/mol. The van der Waals surface area contributed by atoms with Gasteiger partial charge in [0.25, 0.3) is 0 Å². The molecule has 0 amide bonds. The minimum atomic E-state index is -0.470. The van der Waals surface area contributed by atoms with Crippen molar-refractivity contribution in [1.29, 1.82) is 0 Å². The zero-order valence-corrected chi connectivity index (χ0v) is 7.99. The molecule has 3 heteroatoms. The fourth-order valence-electron chi connectivity index (χ4n) is 1.14. The molecule has 1 fully saturated rings. The number of aliphatic hydroxyl groups excluding tert-OH is 1. The molecule has 1 N–H and O–H groups in total. The summed E-state index contributed by atoms with van der Waals surface area (Å²) in [6.45, 7) is 0.674. The van der Waals surface area contributed by atoms with Crippen molar-refractivity contribution in [3.8, 4) is 0 Å². The highest BCUT2D eigenvalue weighted by Gasteiger charge is 2.32. The third-order valence-electron chi connectivity index (χ3n) is 1.90. The van der Waals surface area contributed by atoms with E-state index in [1.807, 2.05) is 24.3 Å². The molecule has 0 radical (unpaired) electrons. The normalized spacial score (nSPS) is 23.7. The highest BCUT2D eigenvalue weighted by atomic mass is 79.9. The Kier molecular flexibility index (Phi) is 2.17. The number of hydrogen-bond acceptors (Lipinski definition) is 2. The summed E-state index contributed by atoms with van der Waals surface area (Å²) in [7, 11) is 0. The zero-order valence-electron chi connectivity index (χ0n) is 6.40. The van der Waals surface area contributed by atoms with Crippen LogP contribution >= 0.6 is 15.9 Å². The minimum absolute atomic E-state index is 0.0132. The van der Waals surface area contributed by atoms with Gasteiger partial charge >= 0.3 is 0 Å². The van der Waals surface area contributed by atoms with E-state index in [0.717, 1.165) is 10.0 Å². The number of ether oxygens (including phenoxy) is 1. The number of aliphatic hydroxyl groups is 1. The molecule has 0 unspecified atom stereocenters. The van der Waals surface area contributed by atoms with E-state index in [0.29, 0.717) is 6.61 Å². The van der Waals surface area contributed by atoms with Gasteiger partial charge in [0.05, 0.1) is 6.61 Å². The average Bonchev–Trinajstić information content (AvgIpc) is 2.85. The van der Waals surface area contributed by atoms with E-state index < -0.39 is 6.10 Å². The highest BCUT2D eigenvalue weighted by molar-refractivity contribution is 9.10. The van der Waals surface area contributed by atoms with Crippen LogP contribution in [0, 0.1) is 0 Å². The SMILES string of the molecule is O[C@H](c1cccc(Br)c1)[C@H]1CO1. The molecule has 1 heterocycles. The molecule has 12 heavy (non-hydrogen) atoms. The standard InChI is InChI=1S/C9H9BrO2/c10-7-3-1-2-6(4-7)9(11)8-5-12-8/h1-4,8-9,11H,5H2/t8-,9-/m1/s1. The molecule has 0 saturated carbocycles. The molecule has 1 aliphatic heterocycles. The van der Waals surface area contributed by atoms with Gasteiger partial charge < -0.3 is 9.84 Å². The summed E-state index contributed by atoms with van der Waals surface area (Å²) in [4.78, 5) is 0. The monoisotopic (exact) mass is 228 g/mol. The first-order chi connectivity index (χ1) is 5.77. The van der Waals surface area contributed by atoms with E-state index in [1.165, 1.54) is 0 Å². The molecule has 1 aromatic carbocycles. The van der Waals surface area contributed by atoms with Crippen LogP contribution < -0.4 is 0 Å². The lowest BCUT2D eigenvalue weighted by Crippen LogP contribution is -2.04. The van der Waals surface area contributed by atoms with Crippen LogP contribution in [0.3, 0.4) is 0 Å². The number of benzene rings is 1. The first-order valence-corrected chi connectivity index (χ1v) is 4.62. The van der Waals surface area contributed by atoms with Gasteiger partial charge in [-0.05, 0) is 17.7 Å². The molecule has 0 aromatic heterocycles. The molecule has 0 bridgehead atoms. The van der Waals surface area contributed by atoms with Crippen LogP contribution in [-0.4, -0.2) is 17.8 Å². The van der Waals surface area contributed by atoms with Crippen molar-refractivity contribution in [3.63, 3.8) is 0 Å². The van der Waals surface area contributed by atoms with Gasteiger partial charge in [0, 0.05) is 4.47 Å². The molecule has 1 aliphatic rings. The van der Waals surface area contributed by atoms with Crippen molar-refractivity contribution in [2.75, 3.05) is 6.61 Å². The Labute approximate surface area is 79.3 Å². The van der Waals surface area contributed by atoms with Crippen LogP contribution in [0.15, 0.2) is 28.7 Å². The van der Waals surface area contributed by atoms with Crippen molar-refractivity contribution in [2.24, 2.45) is 0 Å². The van der Waals surface area contributed by atoms with E-state index in [9.17, 15) is 5.11 Å². The van der Waals surface area contributed by atoms with Crippen LogP contribution in [0.5, 0.6) is 0 Å². The number of rotatable bonds is 2. The van der Waals surface area contributed by atoms with E-state index in [2.05, 4.69) is 15.9 Å². The molecule has 0 aliphatic carbocycles. The van der Waals surface area contributed by atoms with Crippen LogP contribution in [0.2, 0.25) is 0 Å². The highest BCUT2D eigenvalue weighted by Crippen LogP contribution is 2.28. The summed E-state index contributed by atoms with van der Waals surface area (Å²) in [5.74, 6) is 0. The Morgan fingerprint density at radius 1 is 1.58 bits per heavy atom. The van der Waals surface area contributed by atoms with Crippen molar-refractivity contribution in [1.82, 2.24) is 0 Å². The quantitative estimate of drug-likeness (QED) is 0.785. The van der Waals surface area contributed by atoms with Crippen LogP contribution in [0.25, 0.3) is 0 Å². The summed E-state index contributed by atoms with van der Waals surface area (Å²) < 4.78 is 5.99. The lowest BCUT2D eigenvalue weighted by atomic mass is 10.1. The first kappa shape index (κ1) is 8.23. The molecule has 2 atom stereocenters. The van der Waals surface area contributed by atoms with Gasteiger partial charge in [-0.25, -0.2) is 0 Å². The minimum Gasteiger partial charge on any atom is -0.386 e. The molecule has 1 aromatic rings. The van der Waals surface area contributed by atoms with Crippen molar-refractivity contribution < 1.29 is 9.84 Å². The van der Waals surface area contributed by atoms with Gasteiger partial charge in [0.2, 0.25) is 0 Å². The van der Waals surface area contributed by atoms with Crippen molar-refractivity contribution in [3.05, 3.63) is 34.3 Å². The van der Waals surface area contributed by atoms with Gasteiger partial charge in [-0.1, -0.05) is 28.1 Å². The number of hydrogen-bond donors (Lipinski definition) is 1.